The molecule has 0 aromatic heterocycles. The molecule has 3 heteroatoms. The Morgan fingerprint density at radius 2 is 1.11 bits per heavy atom. The van der Waals surface area contributed by atoms with Crippen molar-refractivity contribution in [3.8, 4) is 0 Å². The molecule has 5 aromatic carbocycles. The number of fused-ring (bicyclic) bond motifs is 3. The Morgan fingerprint density at radius 1 is 0.658 bits per heavy atom. The van der Waals surface area contributed by atoms with Crippen LogP contribution in [-0.4, -0.2) is 3.21 Å². The van der Waals surface area contributed by atoms with Crippen LogP contribution in [0.15, 0.2) is 120 Å². The van der Waals surface area contributed by atoms with Crippen LogP contribution in [0.5, 0.6) is 0 Å². The zero-order chi connectivity index (χ0) is 25.5. The third-order valence-electron chi connectivity index (χ3n) is 6.50. The van der Waals surface area contributed by atoms with Crippen LogP contribution in [0.3, 0.4) is 0 Å². The molecule has 5 aromatic rings. The summed E-state index contributed by atoms with van der Waals surface area (Å²) in [6.45, 7) is 8.55. The Labute approximate surface area is 255 Å². The molecule has 1 aliphatic rings. The monoisotopic (exact) mass is 612 g/mol. The second-order valence-electron chi connectivity index (χ2n) is 9.42. The number of aryl methyl sites for hydroxylation is 2. The van der Waals surface area contributed by atoms with E-state index >= 15 is 0 Å². The van der Waals surface area contributed by atoms with E-state index < -0.39 is 0 Å². The van der Waals surface area contributed by atoms with Crippen molar-refractivity contribution in [3.05, 3.63) is 149 Å². The second-order valence-corrected chi connectivity index (χ2v) is 10.7. The van der Waals surface area contributed by atoms with Crippen molar-refractivity contribution in [1.29, 1.82) is 0 Å². The van der Waals surface area contributed by atoms with Crippen molar-refractivity contribution >= 4 is 24.8 Å². The Morgan fingerprint density at radius 3 is 1.45 bits per heavy atom. The first-order chi connectivity index (χ1) is 17.4. The molecule has 0 radical (unpaired) electrons. The van der Waals surface area contributed by atoms with Gasteiger partial charge in [0, 0.05) is 0 Å². The van der Waals surface area contributed by atoms with Crippen molar-refractivity contribution in [1.82, 2.24) is 0 Å². The van der Waals surface area contributed by atoms with Gasteiger partial charge in [-0.05, 0) is 13.8 Å². The number of benzene rings is 4. The average molecular weight is 615 g/mol. The fourth-order valence-corrected chi connectivity index (χ4v) is 5.08. The molecule has 192 valence electrons. The van der Waals surface area contributed by atoms with E-state index in [9.17, 15) is 0 Å². The molecule has 1 aliphatic carbocycles. The molecule has 6 rings (SSSR count). The third-order valence-corrected chi connectivity index (χ3v) is 7.92. The summed E-state index contributed by atoms with van der Waals surface area (Å²) in [5, 5.41) is 5.46. The van der Waals surface area contributed by atoms with E-state index in [0.717, 1.165) is 6.42 Å². The van der Waals surface area contributed by atoms with Crippen molar-refractivity contribution in [3.63, 3.8) is 0 Å². The Hall–Kier alpha value is -2.44. The molecule has 0 fully saturated rings. The van der Waals surface area contributed by atoms with Crippen molar-refractivity contribution in [2.24, 2.45) is 0 Å². The zero-order valence-corrected chi connectivity index (χ0v) is 26.3. The Bertz CT molecular complexity index is 1440. The summed E-state index contributed by atoms with van der Waals surface area (Å²) in [6, 6.07) is 36.7. The molecule has 0 bridgehead atoms. The molecule has 0 amide bonds. The van der Waals surface area contributed by atoms with E-state index in [2.05, 4.69) is 143 Å². The van der Waals surface area contributed by atoms with Gasteiger partial charge in [-0.3, -0.25) is 6.08 Å². The molecule has 0 unspecified atom stereocenters. The summed E-state index contributed by atoms with van der Waals surface area (Å²) in [4.78, 5) is 0. The van der Waals surface area contributed by atoms with E-state index in [0.29, 0.717) is 0 Å². The van der Waals surface area contributed by atoms with Crippen LogP contribution in [0.2, 0.25) is 0 Å². The van der Waals surface area contributed by atoms with E-state index in [1.807, 2.05) is 0 Å². The Balaban J connectivity index is 0.000000207. The number of hydrogen-bond donors (Lipinski definition) is 0. The van der Waals surface area contributed by atoms with Crippen molar-refractivity contribution in [2.45, 2.75) is 34.1 Å². The predicted octanol–water partition coefficient (Wildman–Crippen LogP) is 3.22. The first-order valence-corrected chi connectivity index (χ1v) is 13.6. The molecule has 0 atom stereocenters. The fourth-order valence-electron chi connectivity index (χ4n) is 4.26. The van der Waals surface area contributed by atoms with Gasteiger partial charge in [-0.2, -0.15) is 5.57 Å². The van der Waals surface area contributed by atoms with Gasteiger partial charge >= 0.3 is 99.2 Å². The molecule has 0 nitrogen and oxygen atoms in total. The van der Waals surface area contributed by atoms with Crippen molar-refractivity contribution < 1.29 is 49.0 Å². The molecular weight excluding hydrogens is 583 g/mol. The summed E-state index contributed by atoms with van der Waals surface area (Å²) in [6.07, 6.45) is 6.22. The van der Waals surface area contributed by atoms with Gasteiger partial charge in [0.15, 0.2) is 0 Å². The van der Waals surface area contributed by atoms with E-state index in [1.165, 1.54) is 82.4 Å². The van der Waals surface area contributed by atoms with Gasteiger partial charge in [-0.1, -0.05) is 42.3 Å². The molecule has 0 saturated heterocycles. The second kappa shape index (κ2) is 15.2. The maximum absolute atomic E-state index is 3.12. The number of hydrogen-bond acceptors (Lipinski definition) is 0. The van der Waals surface area contributed by atoms with Crippen LogP contribution in [0.1, 0.15) is 42.5 Å². The van der Waals surface area contributed by atoms with E-state index in [4.69, 9.17) is 0 Å². The van der Waals surface area contributed by atoms with Gasteiger partial charge < -0.3 is 24.8 Å². The molecule has 0 N–H and O–H groups in total. The SMILES string of the molecule is CC1=C(C)C[C-]=C1.Cc1ccc2c(c1)[cH-]c1cc(C)ccc12.[Cl-].[Cl-].[Zr+2]=[C](c1ccccc1)c1ccccc1. The van der Waals surface area contributed by atoms with Crippen LogP contribution in [0.4, 0.5) is 0 Å². The van der Waals surface area contributed by atoms with Gasteiger partial charge in [0.05, 0.1) is 0 Å². The standard InChI is InChI=1S/C15H13.C13H10.C7H9.2ClH.Zr/c1-10-3-5-14-12(7-10)9-13-8-11(2)4-6-15(13)14;1-3-7-12(8-4-1)11-13-9-5-2-6-10-13;1-6-4-3-5-7(6)2;;;/h3-9H,1-2H3;1-10H;4H,5H2,1-2H3;2*1H;/q-1;;-1;;;+2/p-2. The minimum absolute atomic E-state index is 0. The summed E-state index contributed by atoms with van der Waals surface area (Å²) in [5.41, 5.74) is 8.16. The summed E-state index contributed by atoms with van der Waals surface area (Å²) >= 11 is 1.46. The fraction of sp³-hybridized carbons (Fsp3) is 0.143. The Kier molecular flexibility index (Phi) is 12.7. The van der Waals surface area contributed by atoms with Gasteiger partial charge in [0.1, 0.15) is 0 Å². The van der Waals surface area contributed by atoms with Crippen molar-refractivity contribution in [2.75, 3.05) is 0 Å². The zero-order valence-electron chi connectivity index (χ0n) is 22.4. The third kappa shape index (κ3) is 8.28. The van der Waals surface area contributed by atoms with E-state index in [-0.39, 0.29) is 24.8 Å². The molecule has 38 heavy (non-hydrogen) atoms. The van der Waals surface area contributed by atoms with E-state index in [1.54, 1.807) is 0 Å². The number of rotatable bonds is 2. The first kappa shape index (κ1) is 31.8. The minimum atomic E-state index is 0. The summed E-state index contributed by atoms with van der Waals surface area (Å²) in [7, 11) is 0. The maximum atomic E-state index is 3.12. The summed E-state index contributed by atoms with van der Waals surface area (Å²) in [5.74, 6) is 0. The normalized spacial score (nSPS) is 11.6. The topological polar surface area (TPSA) is 0 Å². The molecule has 0 heterocycles. The molecule has 0 saturated carbocycles. The molecule has 0 aliphatic heterocycles. The molecular formula is C35H32Cl2Zr-2. The van der Waals surface area contributed by atoms with Crippen LogP contribution in [0.25, 0.3) is 21.5 Å². The average Bonchev–Trinajstić information content (AvgIpc) is 3.45. The van der Waals surface area contributed by atoms with Crippen LogP contribution >= 0.6 is 0 Å². The van der Waals surface area contributed by atoms with Crippen LogP contribution in [-0.2, 0) is 24.2 Å². The predicted molar refractivity (Wildman–Crippen MR) is 153 cm³/mol. The molecule has 0 spiro atoms. The summed E-state index contributed by atoms with van der Waals surface area (Å²) < 4.78 is 1.42. The number of halogens is 2. The van der Waals surface area contributed by atoms with Crippen LogP contribution in [0, 0.1) is 19.9 Å². The van der Waals surface area contributed by atoms with Gasteiger partial charge in [0.2, 0.25) is 0 Å². The van der Waals surface area contributed by atoms with Crippen LogP contribution < -0.4 is 24.8 Å². The van der Waals surface area contributed by atoms with Gasteiger partial charge in [-0.25, -0.2) is 11.6 Å². The number of allylic oxidation sites excluding steroid dienone is 4. The first-order valence-electron chi connectivity index (χ1n) is 12.4. The quantitative estimate of drug-likeness (QED) is 0.268. The van der Waals surface area contributed by atoms with Gasteiger partial charge in [-0.15, -0.1) is 53.1 Å². The van der Waals surface area contributed by atoms with Gasteiger partial charge in [0.25, 0.3) is 0 Å².